The Kier molecular flexibility index (Phi) is 6.52. The number of rotatable bonds is 2. The van der Waals surface area contributed by atoms with Gasteiger partial charge >= 0.3 is 0 Å². The number of imidazole rings is 1. The van der Waals surface area contributed by atoms with E-state index in [4.69, 9.17) is 4.98 Å². The first-order valence-electron chi connectivity index (χ1n) is 9.79. The number of nitrogens with one attached hydrogen (secondary N) is 1. The van der Waals surface area contributed by atoms with E-state index in [1.165, 1.54) is 12.8 Å². The molecule has 154 valence electrons. The van der Waals surface area contributed by atoms with Crippen LogP contribution in [-0.4, -0.2) is 45.5 Å². The summed E-state index contributed by atoms with van der Waals surface area (Å²) in [6, 6.07) is 17.2. The van der Waals surface area contributed by atoms with Gasteiger partial charge in [-0.3, -0.25) is 9.36 Å². The molecular weight excluding hydrogens is 407 g/mol. The van der Waals surface area contributed by atoms with Crippen LogP contribution in [-0.2, 0) is 0 Å². The number of likely N-dealkylation sites (tertiary alicyclic amines) is 1. The van der Waals surface area contributed by atoms with E-state index in [1.807, 2.05) is 48.2 Å². The number of nitrogens with zero attached hydrogens (tertiary/aromatic N) is 3. The maximum atomic E-state index is 13.1. The largest absolute Gasteiger partial charge is 0.337 e. The summed E-state index contributed by atoms with van der Waals surface area (Å²) in [5, 5.41) is 3.64. The molecule has 2 bridgehead atoms. The van der Waals surface area contributed by atoms with E-state index in [0.717, 1.165) is 47.6 Å². The van der Waals surface area contributed by atoms with E-state index in [-0.39, 0.29) is 30.7 Å². The van der Waals surface area contributed by atoms with Crippen molar-refractivity contribution in [3.8, 4) is 5.69 Å². The Morgan fingerprint density at radius 2 is 1.79 bits per heavy atom. The molecule has 0 aliphatic carbocycles. The topological polar surface area (TPSA) is 50.2 Å². The highest BCUT2D eigenvalue weighted by Crippen LogP contribution is 2.25. The molecule has 2 unspecified atom stereocenters. The summed E-state index contributed by atoms with van der Waals surface area (Å²) in [6.07, 6.45) is 3.47. The molecule has 29 heavy (non-hydrogen) atoms. The van der Waals surface area contributed by atoms with Crippen LogP contribution < -0.4 is 5.32 Å². The number of hydrogen-bond donors (Lipinski definition) is 1. The summed E-state index contributed by atoms with van der Waals surface area (Å²) < 4.78 is 2.14. The zero-order valence-electron chi connectivity index (χ0n) is 16.4. The van der Waals surface area contributed by atoms with Gasteiger partial charge in [0.1, 0.15) is 5.82 Å². The molecule has 7 heteroatoms. The zero-order chi connectivity index (χ0) is 18.4. The van der Waals surface area contributed by atoms with Crippen LogP contribution in [0.5, 0.6) is 0 Å². The minimum Gasteiger partial charge on any atom is -0.337 e. The Balaban J connectivity index is 0.00000120. The Morgan fingerprint density at radius 3 is 2.59 bits per heavy atom. The van der Waals surface area contributed by atoms with Crippen molar-refractivity contribution in [2.45, 2.75) is 38.3 Å². The Bertz CT molecular complexity index is 1000. The van der Waals surface area contributed by atoms with Gasteiger partial charge in [-0.25, -0.2) is 4.98 Å². The van der Waals surface area contributed by atoms with Crippen LogP contribution >= 0.6 is 24.8 Å². The van der Waals surface area contributed by atoms with Crippen LogP contribution in [0.1, 0.15) is 35.4 Å². The lowest BCUT2D eigenvalue weighted by molar-refractivity contribution is 0.0748. The van der Waals surface area contributed by atoms with E-state index >= 15 is 0 Å². The van der Waals surface area contributed by atoms with Gasteiger partial charge in [-0.05, 0) is 56.5 Å². The van der Waals surface area contributed by atoms with Crippen LogP contribution in [0.4, 0.5) is 0 Å². The molecule has 0 radical (unpaired) electrons. The van der Waals surface area contributed by atoms with Crippen molar-refractivity contribution < 1.29 is 4.79 Å². The number of carbonyl (C=O) groups excluding carboxylic acids is 1. The third-order valence-corrected chi connectivity index (χ3v) is 5.89. The molecule has 3 aromatic rings. The Morgan fingerprint density at radius 1 is 1.03 bits per heavy atom. The number of amides is 1. The second kappa shape index (κ2) is 8.74. The van der Waals surface area contributed by atoms with E-state index in [9.17, 15) is 4.79 Å². The fourth-order valence-electron chi connectivity index (χ4n) is 4.55. The van der Waals surface area contributed by atoms with Gasteiger partial charge in [0.05, 0.1) is 11.0 Å². The zero-order valence-corrected chi connectivity index (χ0v) is 18.0. The van der Waals surface area contributed by atoms with Crippen LogP contribution in [0.25, 0.3) is 16.7 Å². The predicted molar refractivity (Wildman–Crippen MR) is 121 cm³/mol. The first kappa shape index (κ1) is 21.6. The smallest absolute Gasteiger partial charge is 0.253 e. The molecule has 1 amide bonds. The van der Waals surface area contributed by atoms with Crippen molar-refractivity contribution in [3.05, 3.63) is 59.9 Å². The van der Waals surface area contributed by atoms with Crippen molar-refractivity contribution in [2.24, 2.45) is 0 Å². The number of hydrogen-bond acceptors (Lipinski definition) is 3. The normalized spacial score (nSPS) is 20.7. The molecule has 5 nitrogen and oxygen atoms in total. The van der Waals surface area contributed by atoms with Crippen molar-refractivity contribution in [1.29, 1.82) is 0 Å². The molecule has 0 saturated carbocycles. The summed E-state index contributed by atoms with van der Waals surface area (Å²) in [4.78, 5) is 19.8. The summed E-state index contributed by atoms with van der Waals surface area (Å²) in [6.45, 7) is 3.65. The highest BCUT2D eigenvalue weighted by atomic mass is 35.5. The fourth-order valence-corrected chi connectivity index (χ4v) is 4.55. The molecule has 2 aliphatic heterocycles. The first-order chi connectivity index (χ1) is 13.2. The van der Waals surface area contributed by atoms with Crippen molar-refractivity contribution in [1.82, 2.24) is 19.8 Å². The highest BCUT2D eigenvalue weighted by molar-refractivity contribution is 5.97. The standard InChI is InChI=1S/C22H24N4O.2ClH/c1-15-23-20-13-16(7-10-21(20)26(15)19-5-3-2-4-6-19)22(27)25-12-11-17-8-9-18(14-25)24-17;;/h2-7,10,13,17-18,24H,8-9,11-12,14H2,1H3;2*1H. The number of para-hydroxylation sites is 1. The van der Waals surface area contributed by atoms with Gasteiger partial charge in [-0.15, -0.1) is 24.8 Å². The summed E-state index contributed by atoms with van der Waals surface area (Å²) in [5.41, 5.74) is 3.73. The predicted octanol–water partition coefficient (Wildman–Crippen LogP) is 4.14. The second-order valence-corrected chi connectivity index (χ2v) is 7.71. The van der Waals surface area contributed by atoms with Gasteiger partial charge in [-0.2, -0.15) is 0 Å². The van der Waals surface area contributed by atoms with E-state index in [0.29, 0.717) is 12.1 Å². The van der Waals surface area contributed by atoms with Gasteiger partial charge in [0.2, 0.25) is 0 Å². The Hall–Kier alpha value is -2.08. The molecule has 2 fully saturated rings. The second-order valence-electron chi connectivity index (χ2n) is 7.71. The summed E-state index contributed by atoms with van der Waals surface area (Å²) in [5.74, 6) is 1.05. The molecule has 1 aromatic heterocycles. The average molecular weight is 433 g/mol. The van der Waals surface area contributed by atoms with Crippen LogP contribution in [0.2, 0.25) is 0 Å². The van der Waals surface area contributed by atoms with E-state index in [2.05, 4.69) is 22.0 Å². The number of halogens is 2. The molecule has 5 rings (SSSR count). The Labute approximate surface area is 183 Å². The maximum Gasteiger partial charge on any atom is 0.253 e. The van der Waals surface area contributed by atoms with E-state index < -0.39 is 0 Å². The average Bonchev–Trinajstić information content (AvgIpc) is 3.19. The minimum absolute atomic E-state index is 0. The summed E-state index contributed by atoms with van der Waals surface area (Å²) in [7, 11) is 0. The molecular formula is C22H26Cl2N4O. The number of aromatic nitrogens is 2. The molecule has 2 aliphatic rings. The SMILES string of the molecule is Cc1nc2cc(C(=O)N3CCC4CCC(C3)N4)ccc2n1-c1ccccc1.Cl.Cl. The third-order valence-electron chi connectivity index (χ3n) is 5.89. The van der Waals surface area contributed by atoms with Gasteiger partial charge in [-0.1, -0.05) is 18.2 Å². The molecule has 2 saturated heterocycles. The summed E-state index contributed by atoms with van der Waals surface area (Å²) >= 11 is 0. The van der Waals surface area contributed by atoms with Gasteiger partial charge in [0, 0.05) is 36.4 Å². The lowest BCUT2D eigenvalue weighted by Gasteiger charge is -2.24. The van der Waals surface area contributed by atoms with Gasteiger partial charge < -0.3 is 10.2 Å². The lowest BCUT2D eigenvalue weighted by Crippen LogP contribution is -2.39. The maximum absolute atomic E-state index is 13.1. The number of fused-ring (bicyclic) bond motifs is 3. The molecule has 0 spiro atoms. The third kappa shape index (κ3) is 4.00. The highest BCUT2D eigenvalue weighted by Gasteiger charge is 2.31. The van der Waals surface area contributed by atoms with Crippen LogP contribution in [0, 0.1) is 6.92 Å². The molecule has 2 aromatic carbocycles. The van der Waals surface area contributed by atoms with Gasteiger partial charge in [0.25, 0.3) is 5.91 Å². The van der Waals surface area contributed by atoms with Crippen molar-refractivity contribution >= 4 is 41.8 Å². The molecule has 3 heterocycles. The number of aryl methyl sites for hydroxylation is 1. The number of benzene rings is 2. The molecule has 1 N–H and O–H groups in total. The fraction of sp³-hybridized carbons (Fsp3) is 0.364. The van der Waals surface area contributed by atoms with Gasteiger partial charge in [0.15, 0.2) is 0 Å². The lowest BCUT2D eigenvalue weighted by atomic mass is 10.1. The van der Waals surface area contributed by atoms with Crippen LogP contribution in [0.3, 0.4) is 0 Å². The quantitative estimate of drug-likeness (QED) is 0.661. The van der Waals surface area contributed by atoms with Crippen molar-refractivity contribution in [2.75, 3.05) is 13.1 Å². The van der Waals surface area contributed by atoms with E-state index in [1.54, 1.807) is 0 Å². The minimum atomic E-state index is 0. The monoisotopic (exact) mass is 432 g/mol. The molecule has 2 atom stereocenters. The van der Waals surface area contributed by atoms with Crippen LogP contribution in [0.15, 0.2) is 48.5 Å². The first-order valence-corrected chi connectivity index (χ1v) is 9.79. The number of carbonyl (C=O) groups is 1. The van der Waals surface area contributed by atoms with Crippen molar-refractivity contribution in [3.63, 3.8) is 0 Å².